The SMILES string of the molecule is CSc1nc(N2CC3CCC(C2)N3C(=O)OC(C)(C)C)c2cnc(-c3cc(OC4CCCCO4)cc4ccc(F)c(C#C[Si](C(C)C)(C(C)C)C(C)C)c34)c(F)c2n1. The third kappa shape index (κ3) is 8.01. The molecule has 13 heteroatoms. The minimum absolute atomic E-state index is 0.0211. The van der Waals surface area contributed by atoms with E-state index in [1.54, 1.807) is 18.3 Å². The highest BCUT2D eigenvalue weighted by molar-refractivity contribution is 7.98. The van der Waals surface area contributed by atoms with Crippen LogP contribution < -0.4 is 9.64 Å². The molecule has 2 bridgehead atoms. The van der Waals surface area contributed by atoms with E-state index in [0.29, 0.717) is 74.8 Å². The van der Waals surface area contributed by atoms with Crippen LogP contribution in [-0.2, 0) is 9.47 Å². The zero-order chi connectivity index (χ0) is 41.7. The lowest BCUT2D eigenvalue weighted by atomic mass is 9.95. The topological polar surface area (TPSA) is 89.9 Å². The zero-order valence-electron chi connectivity index (χ0n) is 35.5. The summed E-state index contributed by atoms with van der Waals surface area (Å²) in [7, 11) is -2.28. The number of ether oxygens (including phenoxy) is 3. The minimum atomic E-state index is -2.28. The third-order valence-corrected chi connectivity index (χ3v) is 19.0. The summed E-state index contributed by atoms with van der Waals surface area (Å²) in [5.41, 5.74) is 4.83. The molecule has 3 fully saturated rings. The van der Waals surface area contributed by atoms with Crippen molar-refractivity contribution in [3.05, 3.63) is 47.7 Å². The normalized spacial score (nSPS) is 20.0. The van der Waals surface area contributed by atoms with Crippen molar-refractivity contribution in [2.45, 2.75) is 140 Å². The molecule has 3 saturated heterocycles. The fraction of sp³-hybridized carbons (Fsp3) is 0.556. The molecule has 0 radical (unpaired) electrons. The summed E-state index contributed by atoms with van der Waals surface area (Å²) < 4.78 is 51.9. The molecule has 2 aromatic heterocycles. The van der Waals surface area contributed by atoms with E-state index in [4.69, 9.17) is 29.2 Å². The van der Waals surface area contributed by atoms with E-state index in [-0.39, 0.29) is 35.0 Å². The van der Waals surface area contributed by atoms with Crippen LogP contribution in [0.15, 0.2) is 35.6 Å². The number of anilines is 1. The van der Waals surface area contributed by atoms with Crippen molar-refractivity contribution in [3.8, 4) is 28.5 Å². The Hall–Kier alpha value is -3.99. The molecule has 3 aliphatic rings. The van der Waals surface area contributed by atoms with Crippen molar-refractivity contribution in [2.24, 2.45) is 0 Å². The Morgan fingerprint density at radius 1 is 0.983 bits per heavy atom. The molecule has 0 aliphatic carbocycles. The van der Waals surface area contributed by atoms with Gasteiger partial charge in [-0.3, -0.25) is 9.88 Å². The van der Waals surface area contributed by atoms with E-state index in [0.717, 1.165) is 32.1 Å². The fourth-order valence-corrected chi connectivity index (χ4v) is 15.1. The van der Waals surface area contributed by atoms with E-state index in [9.17, 15) is 4.79 Å². The van der Waals surface area contributed by atoms with E-state index in [1.807, 2.05) is 38.0 Å². The predicted octanol–water partition coefficient (Wildman–Crippen LogP) is 10.9. The summed E-state index contributed by atoms with van der Waals surface area (Å²) in [5, 5.41) is 2.01. The molecule has 3 atom stereocenters. The van der Waals surface area contributed by atoms with Gasteiger partial charge in [0.1, 0.15) is 42.3 Å². The maximum absolute atomic E-state index is 17.5. The van der Waals surface area contributed by atoms with Crippen molar-refractivity contribution in [3.63, 3.8) is 0 Å². The van der Waals surface area contributed by atoms with Crippen LogP contribution >= 0.6 is 11.8 Å². The molecule has 2 aromatic carbocycles. The number of pyridine rings is 1. The quantitative estimate of drug-likeness (QED) is 0.0745. The number of piperazine rings is 1. The van der Waals surface area contributed by atoms with Gasteiger partial charge < -0.3 is 19.1 Å². The third-order valence-electron chi connectivity index (χ3n) is 12.2. The molecular weight excluding hydrogens is 773 g/mol. The molecule has 0 saturated carbocycles. The van der Waals surface area contributed by atoms with Gasteiger partial charge in [-0.1, -0.05) is 65.3 Å². The molecule has 9 nitrogen and oxygen atoms in total. The highest BCUT2D eigenvalue weighted by Crippen LogP contribution is 2.43. The molecule has 7 rings (SSSR count). The number of fused-ring (bicyclic) bond motifs is 4. The molecule has 3 unspecified atom stereocenters. The Labute approximate surface area is 347 Å². The Kier molecular flexibility index (Phi) is 12.0. The number of hydrogen-bond acceptors (Lipinski definition) is 9. The van der Waals surface area contributed by atoms with Crippen LogP contribution in [0.1, 0.15) is 100.0 Å². The molecule has 310 valence electrons. The average molecular weight is 830 g/mol. The Morgan fingerprint density at radius 3 is 2.28 bits per heavy atom. The number of halogens is 2. The highest BCUT2D eigenvalue weighted by atomic mass is 32.2. The zero-order valence-corrected chi connectivity index (χ0v) is 37.4. The summed E-state index contributed by atoms with van der Waals surface area (Å²) in [6.07, 6.45) is 7.06. The first-order chi connectivity index (χ1) is 27.5. The van der Waals surface area contributed by atoms with Gasteiger partial charge in [-0.05, 0) is 92.9 Å². The Bertz CT molecular complexity index is 2230. The lowest BCUT2D eigenvalue weighted by molar-refractivity contribution is -0.105. The van der Waals surface area contributed by atoms with Crippen LogP contribution in [0.3, 0.4) is 0 Å². The Balaban J connectivity index is 1.38. The largest absolute Gasteiger partial charge is 0.465 e. The van der Waals surface area contributed by atoms with Crippen molar-refractivity contribution in [1.82, 2.24) is 19.9 Å². The summed E-state index contributed by atoms with van der Waals surface area (Å²) in [4.78, 5) is 31.7. The van der Waals surface area contributed by atoms with Crippen LogP contribution in [0.5, 0.6) is 5.75 Å². The maximum atomic E-state index is 17.5. The van der Waals surface area contributed by atoms with Crippen molar-refractivity contribution in [1.29, 1.82) is 0 Å². The Morgan fingerprint density at radius 2 is 1.67 bits per heavy atom. The van der Waals surface area contributed by atoms with Crippen molar-refractivity contribution < 1.29 is 27.8 Å². The molecule has 5 heterocycles. The second-order valence-corrected chi connectivity index (χ2v) is 24.3. The first-order valence-corrected chi connectivity index (χ1v) is 24.2. The van der Waals surface area contributed by atoms with Crippen LogP contribution in [0.2, 0.25) is 16.6 Å². The first-order valence-electron chi connectivity index (χ1n) is 20.8. The summed E-state index contributed by atoms with van der Waals surface area (Å²) in [6, 6.07) is 6.58. The number of nitrogens with zero attached hydrogens (tertiary/aromatic N) is 5. The van der Waals surface area contributed by atoms with E-state index in [2.05, 4.69) is 57.9 Å². The summed E-state index contributed by atoms with van der Waals surface area (Å²) in [6.45, 7) is 20.6. The number of benzene rings is 2. The standard InChI is InChI=1S/C45H57F2N5O4SSi/c1-26(2)58(27(3)4,28(5)6)20-18-33-36(46)17-14-29-21-32(55-37-13-11-12-19-54-37)22-34(38(29)33)40-39(47)41-35(23-48-40)42(50-43(49-41)57-10)51-24-30-15-16-31(25-51)52(30)44(53)56-45(7,8)9/h14,17,21-23,26-28,30-31,37H,11-13,15-16,19,24-25H2,1-10H3. The van der Waals surface area contributed by atoms with E-state index < -0.39 is 31.6 Å². The number of carbonyl (C=O) groups excluding carboxylic acids is 1. The van der Waals surface area contributed by atoms with Gasteiger partial charge in [-0.2, -0.15) is 0 Å². The minimum Gasteiger partial charge on any atom is -0.465 e. The highest BCUT2D eigenvalue weighted by Gasteiger charge is 2.45. The smallest absolute Gasteiger partial charge is 0.410 e. The summed E-state index contributed by atoms with van der Waals surface area (Å²) >= 11 is 1.33. The maximum Gasteiger partial charge on any atom is 0.410 e. The second kappa shape index (κ2) is 16.6. The van der Waals surface area contributed by atoms with Gasteiger partial charge in [0.25, 0.3) is 0 Å². The monoisotopic (exact) mass is 829 g/mol. The molecular formula is C45H57F2N5O4SSi. The number of amides is 1. The van der Waals surface area contributed by atoms with Gasteiger partial charge in [0.15, 0.2) is 17.3 Å². The van der Waals surface area contributed by atoms with Gasteiger partial charge in [0, 0.05) is 36.7 Å². The molecule has 0 N–H and O–H groups in total. The first kappa shape index (κ1) is 42.1. The molecule has 3 aliphatic heterocycles. The molecule has 58 heavy (non-hydrogen) atoms. The molecule has 0 spiro atoms. The number of thioether (sulfide) groups is 1. The van der Waals surface area contributed by atoms with Crippen LogP contribution in [0, 0.1) is 23.1 Å². The average Bonchev–Trinajstić information content (AvgIpc) is 3.44. The van der Waals surface area contributed by atoms with Crippen LogP contribution in [-0.4, -0.2) is 83.9 Å². The van der Waals surface area contributed by atoms with Gasteiger partial charge >= 0.3 is 6.09 Å². The number of carbonyl (C=O) groups is 1. The number of hydrogen-bond donors (Lipinski definition) is 0. The van der Waals surface area contributed by atoms with Gasteiger partial charge in [-0.15, -0.1) is 5.54 Å². The lowest BCUT2D eigenvalue weighted by Gasteiger charge is -2.42. The van der Waals surface area contributed by atoms with E-state index >= 15 is 8.78 Å². The summed E-state index contributed by atoms with van der Waals surface area (Å²) in [5.74, 6) is 3.30. The second-order valence-electron chi connectivity index (χ2n) is 17.9. The van der Waals surface area contributed by atoms with Gasteiger partial charge in [0.05, 0.1) is 29.6 Å². The number of rotatable bonds is 8. The van der Waals surface area contributed by atoms with Crippen molar-refractivity contribution >= 4 is 53.4 Å². The molecule has 1 amide bonds. The predicted molar refractivity (Wildman–Crippen MR) is 231 cm³/mol. The van der Waals surface area contributed by atoms with Gasteiger partial charge in [-0.25, -0.2) is 23.5 Å². The molecule has 4 aromatic rings. The van der Waals surface area contributed by atoms with Crippen LogP contribution in [0.25, 0.3) is 32.9 Å². The number of aromatic nitrogens is 3. The van der Waals surface area contributed by atoms with Gasteiger partial charge in [0.2, 0.25) is 0 Å². The van der Waals surface area contributed by atoms with E-state index in [1.165, 1.54) is 17.8 Å². The van der Waals surface area contributed by atoms with Crippen molar-refractivity contribution in [2.75, 3.05) is 30.9 Å². The lowest BCUT2D eigenvalue weighted by Crippen LogP contribution is -2.57. The fourth-order valence-electron chi connectivity index (χ4n) is 9.58. The van der Waals surface area contributed by atoms with Crippen LogP contribution in [0.4, 0.5) is 19.4 Å².